The van der Waals surface area contributed by atoms with E-state index >= 15 is 0 Å². The van der Waals surface area contributed by atoms with E-state index in [1.165, 1.54) is 12.1 Å². The standard InChI is InChI=1S/C15H18ClFN2O3/c16-13-7-12(17)4-3-11(13)9-19(8-10-1-2-10)15(22)18-6-5-14(20)21/h3-4,7,10H,1-2,5-6,8-9H2,(H,18,22)(H,20,21). The third-order valence-corrected chi connectivity index (χ3v) is 3.81. The van der Waals surface area contributed by atoms with Crippen LogP contribution in [0.25, 0.3) is 0 Å². The van der Waals surface area contributed by atoms with Gasteiger partial charge in [0.2, 0.25) is 0 Å². The molecule has 1 fully saturated rings. The highest BCUT2D eigenvalue weighted by atomic mass is 35.5. The third kappa shape index (κ3) is 5.18. The Kier molecular flexibility index (Phi) is 5.60. The van der Waals surface area contributed by atoms with Gasteiger partial charge in [0, 0.05) is 24.7 Å². The van der Waals surface area contributed by atoms with Gasteiger partial charge in [-0.1, -0.05) is 17.7 Å². The molecule has 2 N–H and O–H groups in total. The van der Waals surface area contributed by atoms with Crippen LogP contribution in [0.3, 0.4) is 0 Å². The van der Waals surface area contributed by atoms with Crippen molar-refractivity contribution in [2.24, 2.45) is 5.92 Å². The zero-order chi connectivity index (χ0) is 16.1. The van der Waals surface area contributed by atoms with Crippen molar-refractivity contribution in [1.82, 2.24) is 10.2 Å². The molecule has 22 heavy (non-hydrogen) atoms. The molecule has 0 aliphatic heterocycles. The van der Waals surface area contributed by atoms with Crippen LogP contribution >= 0.6 is 11.6 Å². The van der Waals surface area contributed by atoms with Crippen LogP contribution in [0.15, 0.2) is 18.2 Å². The van der Waals surface area contributed by atoms with E-state index in [0.29, 0.717) is 18.0 Å². The summed E-state index contributed by atoms with van der Waals surface area (Å²) in [6.07, 6.45) is 2.03. The maximum absolute atomic E-state index is 13.1. The molecule has 1 aromatic carbocycles. The van der Waals surface area contributed by atoms with E-state index in [0.717, 1.165) is 12.8 Å². The lowest BCUT2D eigenvalue weighted by molar-refractivity contribution is -0.136. The van der Waals surface area contributed by atoms with Crippen LogP contribution in [-0.2, 0) is 11.3 Å². The lowest BCUT2D eigenvalue weighted by Gasteiger charge is -2.23. The molecule has 0 aromatic heterocycles. The molecule has 0 atom stereocenters. The van der Waals surface area contributed by atoms with Gasteiger partial charge in [-0.3, -0.25) is 4.79 Å². The summed E-state index contributed by atoms with van der Waals surface area (Å²) >= 11 is 6.00. The average molecular weight is 329 g/mol. The average Bonchev–Trinajstić information content (AvgIpc) is 3.24. The number of hydrogen-bond donors (Lipinski definition) is 2. The minimum Gasteiger partial charge on any atom is -0.481 e. The maximum Gasteiger partial charge on any atom is 0.317 e. The Morgan fingerprint density at radius 3 is 2.73 bits per heavy atom. The first-order valence-electron chi connectivity index (χ1n) is 7.14. The topological polar surface area (TPSA) is 69.6 Å². The SMILES string of the molecule is O=C(O)CCNC(=O)N(Cc1ccc(F)cc1Cl)CC1CC1. The summed E-state index contributed by atoms with van der Waals surface area (Å²) in [5.74, 6) is -0.909. The molecule has 1 aliphatic rings. The molecule has 1 saturated carbocycles. The molecule has 0 saturated heterocycles. The first-order chi connectivity index (χ1) is 10.5. The third-order valence-electron chi connectivity index (χ3n) is 3.45. The van der Waals surface area contributed by atoms with Gasteiger partial charge >= 0.3 is 12.0 Å². The van der Waals surface area contributed by atoms with Crippen molar-refractivity contribution in [3.05, 3.63) is 34.6 Å². The summed E-state index contributed by atoms with van der Waals surface area (Å²) in [6.45, 7) is 0.938. The van der Waals surface area contributed by atoms with Crippen molar-refractivity contribution < 1.29 is 19.1 Å². The Labute approximate surface area is 133 Å². The van der Waals surface area contributed by atoms with Crippen LogP contribution in [0.5, 0.6) is 0 Å². The number of nitrogens with zero attached hydrogens (tertiary/aromatic N) is 1. The highest BCUT2D eigenvalue weighted by Gasteiger charge is 2.27. The second-order valence-corrected chi connectivity index (χ2v) is 5.84. The molecule has 2 amide bonds. The number of aliphatic carboxylic acids is 1. The molecular formula is C15H18ClFN2O3. The van der Waals surface area contributed by atoms with Crippen LogP contribution in [0.1, 0.15) is 24.8 Å². The first kappa shape index (κ1) is 16.5. The van der Waals surface area contributed by atoms with E-state index < -0.39 is 11.8 Å². The molecule has 1 aromatic rings. The molecule has 0 unspecified atom stereocenters. The largest absolute Gasteiger partial charge is 0.481 e. The zero-order valence-corrected chi connectivity index (χ0v) is 12.8. The fourth-order valence-corrected chi connectivity index (χ4v) is 2.30. The fourth-order valence-electron chi connectivity index (χ4n) is 2.08. The molecule has 7 heteroatoms. The van der Waals surface area contributed by atoms with E-state index in [1.54, 1.807) is 11.0 Å². The lowest BCUT2D eigenvalue weighted by Crippen LogP contribution is -2.41. The van der Waals surface area contributed by atoms with Crippen molar-refractivity contribution in [3.8, 4) is 0 Å². The summed E-state index contributed by atoms with van der Waals surface area (Å²) in [5, 5.41) is 11.5. The molecule has 0 bridgehead atoms. The van der Waals surface area contributed by atoms with Gasteiger partial charge in [0.25, 0.3) is 0 Å². The Hall–Kier alpha value is -1.82. The van der Waals surface area contributed by atoms with Crippen LogP contribution < -0.4 is 5.32 Å². The van der Waals surface area contributed by atoms with Gasteiger partial charge < -0.3 is 15.3 Å². The fraction of sp³-hybridized carbons (Fsp3) is 0.467. The predicted molar refractivity (Wildman–Crippen MR) is 80.2 cm³/mol. The second-order valence-electron chi connectivity index (χ2n) is 5.44. The minimum atomic E-state index is -0.962. The van der Waals surface area contributed by atoms with Gasteiger partial charge in [-0.25, -0.2) is 9.18 Å². The lowest BCUT2D eigenvalue weighted by atomic mass is 10.2. The van der Waals surface area contributed by atoms with Gasteiger partial charge in [0.15, 0.2) is 0 Å². The summed E-state index contributed by atoms with van der Waals surface area (Å²) in [6, 6.07) is 3.75. The van der Waals surface area contributed by atoms with Crippen molar-refractivity contribution in [3.63, 3.8) is 0 Å². The van der Waals surface area contributed by atoms with E-state index in [1.807, 2.05) is 0 Å². The Morgan fingerprint density at radius 1 is 1.41 bits per heavy atom. The van der Waals surface area contributed by atoms with E-state index in [9.17, 15) is 14.0 Å². The smallest absolute Gasteiger partial charge is 0.317 e. The number of benzene rings is 1. The van der Waals surface area contributed by atoms with Crippen molar-refractivity contribution in [2.75, 3.05) is 13.1 Å². The molecule has 2 rings (SSSR count). The molecule has 5 nitrogen and oxygen atoms in total. The molecule has 0 heterocycles. The van der Waals surface area contributed by atoms with Crippen molar-refractivity contribution in [1.29, 1.82) is 0 Å². The van der Waals surface area contributed by atoms with E-state index in [4.69, 9.17) is 16.7 Å². The van der Waals surface area contributed by atoms with Gasteiger partial charge in [-0.15, -0.1) is 0 Å². The Morgan fingerprint density at radius 2 is 2.14 bits per heavy atom. The highest BCUT2D eigenvalue weighted by Crippen LogP contribution is 2.30. The summed E-state index contributed by atoms with van der Waals surface area (Å²) in [4.78, 5) is 24.3. The van der Waals surface area contributed by atoms with Crippen LogP contribution in [0, 0.1) is 11.7 Å². The zero-order valence-electron chi connectivity index (χ0n) is 12.0. The summed E-state index contributed by atoms with van der Waals surface area (Å²) < 4.78 is 13.1. The molecule has 120 valence electrons. The van der Waals surface area contributed by atoms with Crippen molar-refractivity contribution in [2.45, 2.75) is 25.8 Å². The number of urea groups is 1. The number of carboxylic acids is 1. The quantitative estimate of drug-likeness (QED) is 0.808. The number of carbonyl (C=O) groups is 2. The van der Waals surface area contributed by atoms with Gasteiger partial charge in [0.05, 0.1) is 6.42 Å². The Balaban J connectivity index is 1.98. The number of halogens is 2. The van der Waals surface area contributed by atoms with Crippen LogP contribution in [-0.4, -0.2) is 35.1 Å². The maximum atomic E-state index is 13.1. The number of amides is 2. The number of rotatable bonds is 7. The predicted octanol–water partition coefficient (Wildman–Crippen LogP) is 2.88. The first-order valence-corrected chi connectivity index (χ1v) is 7.52. The van der Waals surface area contributed by atoms with Crippen molar-refractivity contribution >= 4 is 23.6 Å². The molecule has 0 spiro atoms. The number of carbonyl (C=O) groups excluding carboxylic acids is 1. The van der Waals surface area contributed by atoms with Gasteiger partial charge in [-0.05, 0) is 36.5 Å². The van der Waals surface area contributed by atoms with E-state index in [2.05, 4.69) is 5.32 Å². The molecule has 0 radical (unpaired) electrons. The monoisotopic (exact) mass is 328 g/mol. The second kappa shape index (κ2) is 7.45. The molecule has 1 aliphatic carbocycles. The Bertz CT molecular complexity index is 564. The van der Waals surface area contributed by atoms with Gasteiger partial charge in [-0.2, -0.15) is 0 Å². The number of carboxylic acid groups (broad SMARTS) is 1. The summed E-state index contributed by atoms with van der Waals surface area (Å²) in [7, 11) is 0. The van der Waals surface area contributed by atoms with Crippen LogP contribution in [0.4, 0.5) is 9.18 Å². The number of hydrogen-bond acceptors (Lipinski definition) is 2. The van der Waals surface area contributed by atoms with Gasteiger partial charge in [0.1, 0.15) is 5.82 Å². The van der Waals surface area contributed by atoms with Crippen LogP contribution in [0.2, 0.25) is 5.02 Å². The van der Waals surface area contributed by atoms with E-state index in [-0.39, 0.29) is 30.6 Å². The normalized spacial score (nSPS) is 13.7. The molecular weight excluding hydrogens is 311 g/mol. The minimum absolute atomic E-state index is 0.0759. The summed E-state index contributed by atoms with van der Waals surface area (Å²) in [5.41, 5.74) is 0.664. The highest BCUT2D eigenvalue weighted by molar-refractivity contribution is 6.31. The number of nitrogens with one attached hydrogen (secondary N) is 1.